The molecule has 1 fully saturated rings. The molecule has 1 aliphatic heterocycles. The van der Waals surface area contributed by atoms with Crippen molar-refractivity contribution >= 4 is 5.91 Å². The molecule has 0 radical (unpaired) electrons. The van der Waals surface area contributed by atoms with E-state index >= 15 is 0 Å². The van der Waals surface area contributed by atoms with Crippen LogP contribution in [0.2, 0.25) is 0 Å². The van der Waals surface area contributed by atoms with Gasteiger partial charge in [-0.2, -0.15) is 0 Å². The second-order valence-electron chi connectivity index (χ2n) is 5.50. The Balaban J connectivity index is 2.35. The standard InChI is InChI=1S/C15H30N2O/c1-3-5-10-17(11-6-4-2)15(18)12-14-8-7-9-16-13-14/h14,16H,3-13H2,1-2H3. The highest BCUT2D eigenvalue weighted by molar-refractivity contribution is 5.76. The van der Waals surface area contributed by atoms with Gasteiger partial charge in [-0.1, -0.05) is 26.7 Å². The normalized spacial score (nSPS) is 19.8. The fraction of sp³-hybridized carbons (Fsp3) is 0.933. The highest BCUT2D eigenvalue weighted by Crippen LogP contribution is 2.16. The van der Waals surface area contributed by atoms with Crippen molar-refractivity contribution in [3.8, 4) is 0 Å². The topological polar surface area (TPSA) is 32.3 Å². The van der Waals surface area contributed by atoms with Gasteiger partial charge in [0.15, 0.2) is 0 Å². The largest absolute Gasteiger partial charge is 0.343 e. The van der Waals surface area contributed by atoms with E-state index in [1.54, 1.807) is 0 Å². The molecule has 0 saturated carbocycles. The Morgan fingerprint density at radius 1 is 1.22 bits per heavy atom. The third-order valence-corrected chi connectivity index (χ3v) is 3.78. The Hall–Kier alpha value is -0.570. The molecule has 1 heterocycles. The van der Waals surface area contributed by atoms with Crippen LogP contribution in [0.5, 0.6) is 0 Å². The Morgan fingerprint density at radius 2 is 1.89 bits per heavy atom. The van der Waals surface area contributed by atoms with E-state index in [4.69, 9.17) is 0 Å². The summed E-state index contributed by atoms with van der Waals surface area (Å²) in [5.41, 5.74) is 0. The Bertz CT molecular complexity index is 217. The van der Waals surface area contributed by atoms with Crippen LogP contribution >= 0.6 is 0 Å². The Morgan fingerprint density at radius 3 is 2.39 bits per heavy atom. The molecule has 3 nitrogen and oxygen atoms in total. The van der Waals surface area contributed by atoms with Crippen LogP contribution in [-0.4, -0.2) is 37.0 Å². The van der Waals surface area contributed by atoms with Crippen molar-refractivity contribution < 1.29 is 4.79 Å². The van der Waals surface area contributed by atoms with Crippen LogP contribution in [-0.2, 0) is 4.79 Å². The van der Waals surface area contributed by atoms with Crippen LogP contribution < -0.4 is 5.32 Å². The minimum Gasteiger partial charge on any atom is -0.343 e. The summed E-state index contributed by atoms with van der Waals surface area (Å²) in [6.07, 6.45) is 7.80. The number of rotatable bonds is 8. The lowest BCUT2D eigenvalue weighted by atomic mass is 9.95. The maximum Gasteiger partial charge on any atom is 0.222 e. The van der Waals surface area contributed by atoms with E-state index in [1.165, 1.54) is 25.7 Å². The maximum absolute atomic E-state index is 12.3. The van der Waals surface area contributed by atoms with Crippen LogP contribution in [0.3, 0.4) is 0 Å². The minimum absolute atomic E-state index is 0.380. The van der Waals surface area contributed by atoms with Crippen molar-refractivity contribution in [3.05, 3.63) is 0 Å². The number of nitrogens with zero attached hydrogens (tertiary/aromatic N) is 1. The Kier molecular flexibility index (Phi) is 8.06. The molecule has 1 saturated heterocycles. The predicted molar refractivity (Wildman–Crippen MR) is 76.6 cm³/mol. The summed E-state index contributed by atoms with van der Waals surface area (Å²) in [4.78, 5) is 14.4. The van der Waals surface area contributed by atoms with Gasteiger partial charge in [0.05, 0.1) is 0 Å². The lowest BCUT2D eigenvalue weighted by Crippen LogP contribution is -2.37. The van der Waals surface area contributed by atoms with Crippen LogP contribution in [0.1, 0.15) is 58.8 Å². The summed E-state index contributed by atoms with van der Waals surface area (Å²) in [5.74, 6) is 0.947. The summed E-state index contributed by atoms with van der Waals surface area (Å²) in [7, 11) is 0. The number of unbranched alkanes of at least 4 members (excludes halogenated alkanes) is 2. The summed E-state index contributed by atoms with van der Waals surface area (Å²) in [6, 6.07) is 0. The zero-order valence-electron chi connectivity index (χ0n) is 12.2. The maximum atomic E-state index is 12.3. The van der Waals surface area contributed by atoms with Gasteiger partial charge in [-0.25, -0.2) is 0 Å². The van der Waals surface area contributed by atoms with Crippen LogP contribution in [0.15, 0.2) is 0 Å². The van der Waals surface area contributed by atoms with Crippen LogP contribution in [0.25, 0.3) is 0 Å². The van der Waals surface area contributed by atoms with Gasteiger partial charge < -0.3 is 10.2 Å². The van der Waals surface area contributed by atoms with Crippen molar-refractivity contribution in [2.75, 3.05) is 26.2 Å². The molecular formula is C15H30N2O. The van der Waals surface area contributed by atoms with Gasteiger partial charge in [0.2, 0.25) is 5.91 Å². The van der Waals surface area contributed by atoms with Crippen LogP contribution in [0.4, 0.5) is 0 Å². The molecule has 0 aromatic heterocycles. The molecule has 1 unspecified atom stereocenters. The third kappa shape index (κ3) is 5.85. The van der Waals surface area contributed by atoms with Gasteiger partial charge in [-0.15, -0.1) is 0 Å². The summed E-state index contributed by atoms with van der Waals surface area (Å²) in [6.45, 7) is 8.44. The summed E-state index contributed by atoms with van der Waals surface area (Å²) < 4.78 is 0. The SMILES string of the molecule is CCCCN(CCCC)C(=O)CC1CCCNC1. The highest BCUT2D eigenvalue weighted by atomic mass is 16.2. The first-order chi connectivity index (χ1) is 8.77. The minimum atomic E-state index is 0.380. The first-order valence-corrected chi connectivity index (χ1v) is 7.76. The second kappa shape index (κ2) is 9.37. The molecule has 18 heavy (non-hydrogen) atoms. The Labute approximate surface area is 112 Å². The smallest absolute Gasteiger partial charge is 0.222 e. The first kappa shape index (κ1) is 15.5. The van der Waals surface area contributed by atoms with Crippen molar-refractivity contribution in [2.45, 2.75) is 58.8 Å². The molecular weight excluding hydrogens is 224 g/mol. The van der Waals surface area contributed by atoms with Gasteiger partial charge in [0.25, 0.3) is 0 Å². The third-order valence-electron chi connectivity index (χ3n) is 3.78. The molecule has 106 valence electrons. The quantitative estimate of drug-likeness (QED) is 0.722. The monoisotopic (exact) mass is 254 g/mol. The molecule has 1 N–H and O–H groups in total. The predicted octanol–water partition coefficient (Wildman–Crippen LogP) is 2.80. The summed E-state index contributed by atoms with van der Waals surface area (Å²) in [5, 5.41) is 3.39. The molecule has 0 bridgehead atoms. The number of carbonyl (C=O) groups excluding carboxylic acids is 1. The van der Waals surface area contributed by atoms with E-state index < -0.39 is 0 Å². The fourth-order valence-electron chi connectivity index (χ4n) is 2.53. The second-order valence-corrected chi connectivity index (χ2v) is 5.50. The molecule has 0 aromatic rings. The number of hydrogen-bond acceptors (Lipinski definition) is 2. The van der Waals surface area contributed by atoms with Gasteiger partial charge in [0, 0.05) is 19.5 Å². The van der Waals surface area contributed by atoms with Crippen molar-refractivity contribution in [3.63, 3.8) is 0 Å². The van der Waals surface area contributed by atoms with Gasteiger partial charge in [-0.05, 0) is 44.7 Å². The molecule has 1 atom stereocenters. The van der Waals surface area contributed by atoms with Crippen molar-refractivity contribution in [2.24, 2.45) is 5.92 Å². The number of carbonyl (C=O) groups is 1. The van der Waals surface area contributed by atoms with E-state index in [0.29, 0.717) is 11.8 Å². The number of nitrogens with one attached hydrogen (secondary N) is 1. The molecule has 1 rings (SSSR count). The molecule has 0 aliphatic carbocycles. The van der Waals surface area contributed by atoms with E-state index in [9.17, 15) is 4.79 Å². The van der Waals surface area contributed by atoms with E-state index in [-0.39, 0.29) is 0 Å². The lowest BCUT2D eigenvalue weighted by molar-refractivity contribution is -0.132. The summed E-state index contributed by atoms with van der Waals surface area (Å²) >= 11 is 0. The average Bonchev–Trinajstić information content (AvgIpc) is 2.40. The van der Waals surface area contributed by atoms with E-state index in [0.717, 1.165) is 45.4 Å². The van der Waals surface area contributed by atoms with Gasteiger partial charge in [0.1, 0.15) is 0 Å². The zero-order valence-corrected chi connectivity index (χ0v) is 12.2. The lowest BCUT2D eigenvalue weighted by Gasteiger charge is -2.27. The molecule has 1 aliphatic rings. The van der Waals surface area contributed by atoms with Crippen molar-refractivity contribution in [1.29, 1.82) is 0 Å². The number of piperidine rings is 1. The molecule has 0 aromatic carbocycles. The van der Waals surface area contributed by atoms with Gasteiger partial charge >= 0.3 is 0 Å². The van der Waals surface area contributed by atoms with Gasteiger partial charge in [-0.3, -0.25) is 4.79 Å². The first-order valence-electron chi connectivity index (χ1n) is 7.76. The average molecular weight is 254 g/mol. The highest BCUT2D eigenvalue weighted by Gasteiger charge is 2.20. The fourth-order valence-corrected chi connectivity index (χ4v) is 2.53. The number of hydrogen-bond donors (Lipinski definition) is 1. The van der Waals surface area contributed by atoms with Crippen LogP contribution in [0, 0.1) is 5.92 Å². The molecule has 0 spiro atoms. The van der Waals surface area contributed by atoms with E-state index in [1.807, 2.05) is 0 Å². The van der Waals surface area contributed by atoms with Crippen molar-refractivity contribution in [1.82, 2.24) is 10.2 Å². The van der Waals surface area contributed by atoms with E-state index in [2.05, 4.69) is 24.1 Å². The zero-order chi connectivity index (χ0) is 13.2. The number of amides is 1. The molecule has 3 heteroatoms. The molecule has 1 amide bonds.